The zero-order valence-corrected chi connectivity index (χ0v) is 16.0. The number of aromatic carboxylic acids is 1. The Labute approximate surface area is 160 Å². The van der Waals surface area contributed by atoms with Crippen molar-refractivity contribution < 1.29 is 19.0 Å². The van der Waals surface area contributed by atoms with E-state index < -0.39 is 11.8 Å². The van der Waals surface area contributed by atoms with Crippen LogP contribution in [0, 0.1) is 17.7 Å². The number of ether oxygens (including phenoxy) is 1. The van der Waals surface area contributed by atoms with Gasteiger partial charge in [0.2, 0.25) is 0 Å². The zero-order valence-electron chi connectivity index (χ0n) is 14.3. The summed E-state index contributed by atoms with van der Waals surface area (Å²) in [7, 11) is 0. The molecule has 1 heterocycles. The first kappa shape index (κ1) is 18.7. The molecule has 134 valence electrons. The largest absolute Gasteiger partial charge is 0.493 e. The van der Waals surface area contributed by atoms with Crippen molar-refractivity contribution in [1.29, 1.82) is 0 Å². The number of carboxylic acid groups (broad SMARTS) is 1. The topological polar surface area (TPSA) is 46.5 Å². The first-order chi connectivity index (χ1) is 12.5. The minimum atomic E-state index is -1.29. The molecule has 0 bridgehead atoms. The Hall–Kier alpha value is -2.10. The molecule has 0 unspecified atom stereocenters. The van der Waals surface area contributed by atoms with Crippen molar-refractivity contribution in [3.05, 3.63) is 64.5 Å². The molecular formula is C20H17FO3S2. The van der Waals surface area contributed by atoms with E-state index in [0.29, 0.717) is 12.2 Å². The maximum absolute atomic E-state index is 13.8. The second-order valence-electron chi connectivity index (χ2n) is 5.72. The predicted molar refractivity (Wildman–Crippen MR) is 105 cm³/mol. The Morgan fingerprint density at radius 2 is 1.81 bits per heavy atom. The second-order valence-corrected chi connectivity index (χ2v) is 8.19. The van der Waals surface area contributed by atoms with Crippen LogP contribution < -0.4 is 4.74 Å². The Balaban J connectivity index is 1.95. The maximum Gasteiger partial charge on any atom is 0.338 e. The molecule has 26 heavy (non-hydrogen) atoms. The van der Waals surface area contributed by atoms with E-state index in [1.807, 2.05) is 18.2 Å². The number of fused-ring (bicyclic) bond motifs is 1. The van der Waals surface area contributed by atoms with Gasteiger partial charge in [-0.05, 0) is 48.9 Å². The number of carboxylic acids is 1. The molecule has 0 saturated carbocycles. The van der Waals surface area contributed by atoms with Crippen LogP contribution >= 0.6 is 23.5 Å². The summed E-state index contributed by atoms with van der Waals surface area (Å²) in [5.74, 6) is 4.74. The number of thioether (sulfide) groups is 2. The van der Waals surface area contributed by atoms with E-state index in [-0.39, 0.29) is 9.64 Å². The molecule has 0 radical (unpaired) electrons. The van der Waals surface area contributed by atoms with Crippen molar-refractivity contribution in [3.8, 4) is 17.6 Å². The van der Waals surface area contributed by atoms with E-state index >= 15 is 0 Å². The Kier molecular flexibility index (Phi) is 5.49. The van der Waals surface area contributed by atoms with Gasteiger partial charge in [0.15, 0.2) is 0 Å². The molecule has 0 aliphatic carbocycles. The van der Waals surface area contributed by atoms with Crippen molar-refractivity contribution in [2.45, 2.75) is 10.5 Å². The summed E-state index contributed by atoms with van der Waals surface area (Å²) in [6.07, 6.45) is 5.11. The van der Waals surface area contributed by atoms with E-state index in [1.165, 1.54) is 12.1 Å². The molecule has 6 heteroatoms. The molecule has 1 aliphatic rings. The molecule has 1 aliphatic heterocycles. The summed E-state index contributed by atoms with van der Waals surface area (Å²) in [6.45, 7) is 0.689. The third kappa shape index (κ3) is 3.55. The van der Waals surface area contributed by atoms with E-state index in [9.17, 15) is 9.18 Å². The highest BCUT2D eigenvalue weighted by Crippen LogP contribution is 2.52. The van der Waals surface area contributed by atoms with Crippen LogP contribution in [0.5, 0.6) is 5.75 Å². The smallest absolute Gasteiger partial charge is 0.338 e. The van der Waals surface area contributed by atoms with Crippen LogP contribution in [0.15, 0.2) is 36.4 Å². The standard InChI is InChI=1S/C20H17FO3S2/c1-25-20(26-2)9-10-24-18-8-6-13(11-16(18)20)3-4-14-5-7-15(19(22)23)17(21)12-14/h5-8,11-12H,9-10H2,1-2H3,(H,22,23). The van der Waals surface area contributed by atoms with Gasteiger partial charge in [0, 0.05) is 23.1 Å². The van der Waals surface area contributed by atoms with Crippen molar-refractivity contribution in [2.75, 3.05) is 19.1 Å². The average Bonchev–Trinajstić information content (AvgIpc) is 2.65. The molecule has 0 amide bonds. The number of rotatable bonds is 3. The molecule has 3 rings (SSSR count). The lowest BCUT2D eigenvalue weighted by Gasteiger charge is -2.36. The Bertz CT molecular complexity index is 911. The number of carbonyl (C=O) groups is 1. The molecule has 2 aromatic rings. The quantitative estimate of drug-likeness (QED) is 0.616. The summed E-state index contributed by atoms with van der Waals surface area (Å²) in [5.41, 5.74) is 2.00. The van der Waals surface area contributed by atoms with Gasteiger partial charge in [-0.3, -0.25) is 0 Å². The first-order valence-corrected chi connectivity index (χ1v) is 10.4. The molecule has 0 atom stereocenters. The van der Waals surface area contributed by atoms with Gasteiger partial charge in [-0.15, -0.1) is 23.5 Å². The van der Waals surface area contributed by atoms with Crippen LogP contribution in [-0.2, 0) is 4.08 Å². The molecule has 3 nitrogen and oxygen atoms in total. The van der Waals surface area contributed by atoms with Gasteiger partial charge in [-0.25, -0.2) is 9.18 Å². The monoisotopic (exact) mass is 388 g/mol. The van der Waals surface area contributed by atoms with Crippen molar-refractivity contribution >= 4 is 29.5 Å². The fraction of sp³-hybridized carbons (Fsp3) is 0.250. The molecule has 1 N–H and O–H groups in total. The first-order valence-electron chi connectivity index (χ1n) is 7.91. The van der Waals surface area contributed by atoms with E-state index in [0.717, 1.165) is 29.4 Å². The zero-order chi connectivity index (χ0) is 18.7. The summed E-state index contributed by atoms with van der Waals surface area (Å²) in [4.78, 5) is 10.9. The number of halogens is 1. The lowest BCUT2D eigenvalue weighted by atomic mass is 10.0. The highest BCUT2D eigenvalue weighted by atomic mass is 32.2. The van der Waals surface area contributed by atoms with E-state index in [4.69, 9.17) is 9.84 Å². The van der Waals surface area contributed by atoms with Gasteiger partial charge in [0.05, 0.1) is 16.2 Å². The average molecular weight is 388 g/mol. The van der Waals surface area contributed by atoms with Gasteiger partial charge >= 0.3 is 5.97 Å². The van der Waals surface area contributed by atoms with Gasteiger partial charge in [0.25, 0.3) is 0 Å². The van der Waals surface area contributed by atoms with Gasteiger partial charge in [0.1, 0.15) is 11.6 Å². The molecule has 0 spiro atoms. The Morgan fingerprint density at radius 3 is 2.42 bits per heavy atom. The summed E-state index contributed by atoms with van der Waals surface area (Å²) < 4.78 is 19.5. The normalized spacial score (nSPS) is 14.6. The summed E-state index contributed by atoms with van der Waals surface area (Å²) in [5, 5.41) is 8.88. The summed E-state index contributed by atoms with van der Waals surface area (Å²) in [6, 6.07) is 9.71. The molecule has 2 aromatic carbocycles. The van der Waals surface area contributed by atoms with Gasteiger partial charge in [-0.2, -0.15) is 0 Å². The third-order valence-electron chi connectivity index (χ3n) is 4.29. The lowest BCUT2D eigenvalue weighted by Crippen LogP contribution is -2.26. The lowest BCUT2D eigenvalue weighted by molar-refractivity contribution is 0.0692. The fourth-order valence-corrected chi connectivity index (χ4v) is 4.88. The fourth-order valence-electron chi connectivity index (χ4n) is 2.88. The minimum Gasteiger partial charge on any atom is -0.493 e. The van der Waals surface area contributed by atoms with Gasteiger partial charge < -0.3 is 9.84 Å². The van der Waals surface area contributed by atoms with Crippen LogP contribution in [-0.4, -0.2) is 30.2 Å². The van der Waals surface area contributed by atoms with Crippen molar-refractivity contribution in [3.63, 3.8) is 0 Å². The summed E-state index contributed by atoms with van der Waals surface area (Å²) >= 11 is 3.59. The molecule has 0 saturated heterocycles. The molecular weight excluding hydrogens is 371 g/mol. The van der Waals surface area contributed by atoms with E-state index in [2.05, 4.69) is 24.4 Å². The van der Waals surface area contributed by atoms with Gasteiger partial charge in [-0.1, -0.05) is 11.8 Å². The van der Waals surface area contributed by atoms with Crippen LogP contribution in [0.2, 0.25) is 0 Å². The SMILES string of the molecule is CSC1(SC)CCOc2ccc(C#Cc3ccc(C(=O)O)c(F)c3)cc21. The highest BCUT2D eigenvalue weighted by Gasteiger charge is 2.36. The number of benzene rings is 2. The maximum atomic E-state index is 13.8. The second kappa shape index (κ2) is 7.65. The predicted octanol–water partition coefficient (Wildman–Crippen LogP) is 4.59. The van der Waals surface area contributed by atoms with E-state index in [1.54, 1.807) is 23.5 Å². The highest BCUT2D eigenvalue weighted by molar-refractivity contribution is 8.16. The van der Waals surface area contributed by atoms with Crippen LogP contribution in [0.4, 0.5) is 4.39 Å². The van der Waals surface area contributed by atoms with Crippen LogP contribution in [0.25, 0.3) is 0 Å². The molecule has 0 aromatic heterocycles. The number of hydrogen-bond donors (Lipinski definition) is 1. The minimum absolute atomic E-state index is 0.0550. The van der Waals surface area contributed by atoms with Crippen LogP contribution in [0.1, 0.15) is 33.5 Å². The number of hydrogen-bond acceptors (Lipinski definition) is 4. The van der Waals surface area contributed by atoms with Crippen molar-refractivity contribution in [2.24, 2.45) is 0 Å². The molecule has 0 fully saturated rings. The van der Waals surface area contributed by atoms with Crippen molar-refractivity contribution in [1.82, 2.24) is 0 Å². The Morgan fingerprint density at radius 1 is 1.15 bits per heavy atom. The van der Waals surface area contributed by atoms with Crippen LogP contribution in [0.3, 0.4) is 0 Å². The third-order valence-corrected chi connectivity index (χ3v) is 7.46.